The average molecular weight is 221 g/mol. The van der Waals surface area contributed by atoms with Gasteiger partial charge in [-0.05, 0) is 38.1 Å². The molecular formula is C12H19N3O. The van der Waals surface area contributed by atoms with Crippen molar-refractivity contribution in [2.24, 2.45) is 0 Å². The molecule has 1 aromatic rings. The quantitative estimate of drug-likeness (QED) is 0.577. The van der Waals surface area contributed by atoms with Gasteiger partial charge in [0, 0.05) is 29.5 Å². The number of benzene rings is 1. The van der Waals surface area contributed by atoms with Crippen LogP contribution in [0.15, 0.2) is 18.2 Å². The summed E-state index contributed by atoms with van der Waals surface area (Å²) in [6, 6.07) is 6.07. The van der Waals surface area contributed by atoms with Crippen molar-refractivity contribution in [1.29, 1.82) is 0 Å². The predicted octanol–water partition coefficient (Wildman–Crippen LogP) is 1.10. The maximum atomic E-state index is 9.69. The summed E-state index contributed by atoms with van der Waals surface area (Å²) in [5.41, 5.74) is 8.26. The molecule has 5 N–H and O–H groups in total. The highest BCUT2D eigenvalue weighted by molar-refractivity contribution is 5.59. The zero-order valence-corrected chi connectivity index (χ0v) is 9.53. The number of rotatable bonds is 3. The Morgan fingerprint density at radius 2 is 2.38 bits per heavy atom. The van der Waals surface area contributed by atoms with E-state index in [1.807, 2.05) is 18.2 Å². The first kappa shape index (κ1) is 11.2. The summed E-state index contributed by atoms with van der Waals surface area (Å²) in [4.78, 5) is 0. The second kappa shape index (κ2) is 4.72. The van der Waals surface area contributed by atoms with Gasteiger partial charge in [0.1, 0.15) is 0 Å². The highest BCUT2D eigenvalue weighted by atomic mass is 16.3. The third-order valence-electron chi connectivity index (χ3n) is 2.95. The zero-order valence-electron chi connectivity index (χ0n) is 9.53. The summed E-state index contributed by atoms with van der Waals surface area (Å²) in [5, 5.41) is 16.4. The Morgan fingerprint density at radius 3 is 3.00 bits per heavy atom. The van der Waals surface area contributed by atoms with E-state index in [1.165, 1.54) is 0 Å². The van der Waals surface area contributed by atoms with Gasteiger partial charge >= 0.3 is 0 Å². The monoisotopic (exact) mass is 221 g/mol. The second-order valence-corrected chi connectivity index (χ2v) is 4.36. The number of nitrogens with two attached hydrogens (primary N) is 1. The number of anilines is 2. The third kappa shape index (κ3) is 2.46. The molecule has 0 saturated carbocycles. The standard InChI is InChI=1S/C12H19N3O/c1-8(16)11-6-9(13)2-3-12(11)15-10-4-5-14-7-10/h2-3,6,8,10,14-16H,4-5,7,13H2,1H3. The molecule has 1 aromatic carbocycles. The third-order valence-corrected chi connectivity index (χ3v) is 2.95. The molecule has 16 heavy (non-hydrogen) atoms. The lowest BCUT2D eigenvalue weighted by Crippen LogP contribution is -2.23. The van der Waals surface area contributed by atoms with Gasteiger partial charge in [-0.15, -0.1) is 0 Å². The van der Waals surface area contributed by atoms with E-state index in [2.05, 4.69) is 10.6 Å². The van der Waals surface area contributed by atoms with Crippen molar-refractivity contribution in [2.75, 3.05) is 24.1 Å². The van der Waals surface area contributed by atoms with E-state index in [-0.39, 0.29) is 0 Å². The number of aliphatic hydroxyl groups excluding tert-OH is 1. The molecule has 0 spiro atoms. The Bertz CT molecular complexity index is 359. The Morgan fingerprint density at radius 1 is 1.56 bits per heavy atom. The molecule has 1 aliphatic heterocycles. The van der Waals surface area contributed by atoms with Crippen molar-refractivity contribution < 1.29 is 5.11 Å². The van der Waals surface area contributed by atoms with E-state index in [9.17, 15) is 5.11 Å². The number of hydrogen-bond donors (Lipinski definition) is 4. The summed E-state index contributed by atoms with van der Waals surface area (Å²) in [6.07, 6.45) is 0.615. The molecule has 0 bridgehead atoms. The second-order valence-electron chi connectivity index (χ2n) is 4.36. The van der Waals surface area contributed by atoms with Crippen LogP contribution in [0.2, 0.25) is 0 Å². The van der Waals surface area contributed by atoms with Crippen molar-refractivity contribution in [3.63, 3.8) is 0 Å². The number of nitrogen functional groups attached to an aromatic ring is 1. The molecule has 0 radical (unpaired) electrons. The van der Waals surface area contributed by atoms with Crippen molar-refractivity contribution in [1.82, 2.24) is 5.32 Å². The zero-order chi connectivity index (χ0) is 11.5. The lowest BCUT2D eigenvalue weighted by atomic mass is 10.1. The van der Waals surface area contributed by atoms with E-state index in [4.69, 9.17) is 5.73 Å². The van der Waals surface area contributed by atoms with Crippen molar-refractivity contribution in [3.8, 4) is 0 Å². The Labute approximate surface area is 95.8 Å². The van der Waals surface area contributed by atoms with Gasteiger partial charge in [-0.1, -0.05) is 0 Å². The fourth-order valence-corrected chi connectivity index (χ4v) is 2.06. The number of aliphatic hydroxyl groups is 1. The van der Waals surface area contributed by atoms with Gasteiger partial charge in [-0.2, -0.15) is 0 Å². The molecule has 1 aliphatic rings. The van der Waals surface area contributed by atoms with Crippen LogP contribution in [-0.2, 0) is 0 Å². The highest BCUT2D eigenvalue weighted by Crippen LogP contribution is 2.26. The molecule has 2 rings (SSSR count). The minimum atomic E-state index is -0.500. The van der Waals surface area contributed by atoms with Crippen LogP contribution < -0.4 is 16.4 Å². The van der Waals surface area contributed by atoms with Gasteiger partial charge in [-0.25, -0.2) is 0 Å². The SMILES string of the molecule is CC(O)c1cc(N)ccc1NC1CCNC1. The fraction of sp³-hybridized carbons (Fsp3) is 0.500. The van der Waals surface area contributed by atoms with Crippen molar-refractivity contribution in [2.45, 2.75) is 25.5 Å². The lowest BCUT2D eigenvalue weighted by Gasteiger charge is -2.18. The summed E-state index contributed by atoms with van der Waals surface area (Å²) >= 11 is 0. The number of hydrogen-bond acceptors (Lipinski definition) is 4. The molecular weight excluding hydrogens is 202 g/mol. The maximum absolute atomic E-state index is 9.69. The van der Waals surface area contributed by atoms with Crippen LogP contribution in [0.25, 0.3) is 0 Å². The van der Waals surface area contributed by atoms with Crippen LogP contribution >= 0.6 is 0 Å². The maximum Gasteiger partial charge on any atom is 0.0782 e. The average Bonchev–Trinajstić information content (AvgIpc) is 2.73. The van der Waals surface area contributed by atoms with Gasteiger partial charge in [0.05, 0.1) is 6.10 Å². The largest absolute Gasteiger partial charge is 0.399 e. The van der Waals surface area contributed by atoms with Crippen LogP contribution in [0.4, 0.5) is 11.4 Å². The Kier molecular flexibility index (Phi) is 3.31. The van der Waals surface area contributed by atoms with Crippen molar-refractivity contribution >= 4 is 11.4 Å². The van der Waals surface area contributed by atoms with Crippen LogP contribution in [0.3, 0.4) is 0 Å². The van der Waals surface area contributed by atoms with E-state index < -0.39 is 6.10 Å². The molecule has 1 fully saturated rings. The van der Waals surface area contributed by atoms with Crippen LogP contribution in [-0.4, -0.2) is 24.2 Å². The molecule has 0 amide bonds. The van der Waals surface area contributed by atoms with Gasteiger partial charge < -0.3 is 21.5 Å². The smallest absolute Gasteiger partial charge is 0.0782 e. The molecule has 88 valence electrons. The first-order chi connectivity index (χ1) is 7.66. The molecule has 2 unspecified atom stereocenters. The van der Waals surface area contributed by atoms with Gasteiger partial charge in [0.2, 0.25) is 0 Å². The molecule has 1 saturated heterocycles. The van der Waals surface area contributed by atoms with E-state index in [1.54, 1.807) is 6.92 Å². The minimum absolute atomic E-state index is 0.445. The lowest BCUT2D eigenvalue weighted by molar-refractivity contribution is 0.200. The van der Waals surface area contributed by atoms with Gasteiger partial charge in [0.15, 0.2) is 0 Å². The Balaban J connectivity index is 2.18. The minimum Gasteiger partial charge on any atom is -0.399 e. The van der Waals surface area contributed by atoms with Crippen LogP contribution in [0, 0.1) is 0 Å². The molecule has 4 heteroatoms. The molecule has 2 atom stereocenters. The normalized spacial score (nSPS) is 22.0. The first-order valence-electron chi connectivity index (χ1n) is 5.71. The summed E-state index contributed by atoms with van der Waals surface area (Å²) < 4.78 is 0. The van der Waals surface area contributed by atoms with Crippen LogP contribution in [0.1, 0.15) is 25.0 Å². The van der Waals surface area contributed by atoms with Gasteiger partial charge in [-0.3, -0.25) is 0 Å². The molecule has 0 aromatic heterocycles. The molecule has 1 heterocycles. The number of nitrogens with one attached hydrogen (secondary N) is 2. The molecule has 0 aliphatic carbocycles. The van der Waals surface area contributed by atoms with E-state index in [0.717, 1.165) is 30.8 Å². The Hall–Kier alpha value is -1.26. The first-order valence-corrected chi connectivity index (χ1v) is 5.71. The predicted molar refractivity (Wildman–Crippen MR) is 66.4 cm³/mol. The molecule has 4 nitrogen and oxygen atoms in total. The topological polar surface area (TPSA) is 70.3 Å². The van der Waals surface area contributed by atoms with Crippen molar-refractivity contribution in [3.05, 3.63) is 23.8 Å². The van der Waals surface area contributed by atoms with E-state index in [0.29, 0.717) is 11.7 Å². The summed E-state index contributed by atoms with van der Waals surface area (Å²) in [5.74, 6) is 0. The van der Waals surface area contributed by atoms with Gasteiger partial charge in [0.25, 0.3) is 0 Å². The van der Waals surface area contributed by atoms with Crippen LogP contribution in [0.5, 0.6) is 0 Å². The fourth-order valence-electron chi connectivity index (χ4n) is 2.06. The summed E-state index contributed by atoms with van der Waals surface area (Å²) in [7, 11) is 0. The van der Waals surface area contributed by atoms with E-state index >= 15 is 0 Å². The summed E-state index contributed by atoms with van der Waals surface area (Å²) in [6.45, 7) is 3.78. The highest BCUT2D eigenvalue weighted by Gasteiger charge is 2.16.